The largest absolute Gasteiger partial charge is 0.339 e. The number of fused-ring (bicyclic) bond motifs is 1. The zero-order valence-corrected chi connectivity index (χ0v) is 15.3. The molecular weight excluding hydrogens is 362 g/mol. The first-order valence-electron chi connectivity index (χ1n) is 7.22. The molecule has 2 unspecified atom stereocenters. The van der Waals surface area contributed by atoms with Crippen LogP contribution in [0.25, 0.3) is 0 Å². The van der Waals surface area contributed by atoms with E-state index in [1.165, 1.54) is 13.2 Å². The van der Waals surface area contributed by atoms with Crippen molar-refractivity contribution in [3.63, 3.8) is 0 Å². The summed E-state index contributed by atoms with van der Waals surface area (Å²) >= 11 is 0.731. The van der Waals surface area contributed by atoms with Gasteiger partial charge in [0.15, 0.2) is 4.21 Å². The van der Waals surface area contributed by atoms with Gasteiger partial charge < -0.3 is 10.1 Å². The van der Waals surface area contributed by atoms with Gasteiger partial charge in [0.2, 0.25) is 16.3 Å². The number of nitrogens with zero attached hydrogens (tertiary/aromatic N) is 1. The molecule has 0 aromatic carbocycles. The van der Waals surface area contributed by atoms with Crippen LogP contribution in [0.15, 0.2) is 14.5 Å². The van der Waals surface area contributed by atoms with Crippen molar-refractivity contribution in [2.24, 2.45) is 5.14 Å². The molecule has 1 saturated heterocycles. The maximum absolute atomic E-state index is 13.1. The molecule has 0 bridgehead atoms. The van der Waals surface area contributed by atoms with Gasteiger partial charge in [-0.15, -0.1) is 11.3 Å². The van der Waals surface area contributed by atoms with Crippen molar-refractivity contribution in [1.82, 2.24) is 5.32 Å². The maximum Gasteiger partial charge on any atom is 0.339 e. The summed E-state index contributed by atoms with van der Waals surface area (Å²) in [4.78, 5) is 0. The van der Waals surface area contributed by atoms with Crippen LogP contribution in [-0.4, -0.2) is 53.7 Å². The molecule has 2 aliphatic rings. The number of ether oxygens (including phenoxy) is 1. The molecule has 1 aromatic heterocycles. The summed E-state index contributed by atoms with van der Waals surface area (Å²) in [6, 6.07) is 1.14. The first-order valence-corrected chi connectivity index (χ1v) is 11.0. The minimum absolute atomic E-state index is 0.0838. The lowest BCUT2D eigenvalue weighted by atomic mass is 10.1. The van der Waals surface area contributed by atoms with Crippen molar-refractivity contribution in [1.29, 1.82) is 0 Å². The van der Waals surface area contributed by atoms with Crippen molar-refractivity contribution in [2.45, 2.75) is 34.0 Å². The van der Waals surface area contributed by atoms with Crippen LogP contribution in [0.5, 0.6) is 0 Å². The molecule has 0 saturated carbocycles. The second-order valence-corrected chi connectivity index (χ2v) is 11.0. The quantitative estimate of drug-likeness (QED) is 0.705. The lowest BCUT2D eigenvalue weighted by Gasteiger charge is -2.52. The van der Waals surface area contributed by atoms with Crippen LogP contribution >= 0.6 is 11.3 Å². The zero-order chi connectivity index (χ0) is 17.0. The summed E-state index contributed by atoms with van der Waals surface area (Å²) in [5.74, 6) is 0. The van der Waals surface area contributed by atoms with Crippen molar-refractivity contribution >= 4 is 31.4 Å². The highest BCUT2D eigenvalue weighted by Gasteiger charge is 2.62. The number of nitrogens with two attached hydrogens (primary N) is 1. The van der Waals surface area contributed by atoms with E-state index < -0.39 is 26.3 Å². The summed E-state index contributed by atoms with van der Waals surface area (Å²) in [6.45, 7) is 3.35. The molecule has 1 fully saturated rings. The van der Waals surface area contributed by atoms with E-state index in [4.69, 9.17) is 9.88 Å². The van der Waals surface area contributed by atoms with E-state index in [0.29, 0.717) is 31.6 Å². The van der Waals surface area contributed by atoms with E-state index >= 15 is 0 Å². The second kappa shape index (κ2) is 5.48. The fraction of sp³-hybridized carbons (Fsp3) is 0.667. The Bertz CT molecular complexity index is 830. The zero-order valence-electron chi connectivity index (χ0n) is 12.9. The summed E-state index contributed by atoms with van der Waals surface area (Å²) in [5.41, 5.74) is 0.492. The highest BCUT2D eigenvalue weighted by Crippen LogP contribution is 2.48. The molecule has 1 aromatic rings. The van der Waals surface area contributed by atoms with Crippen LogP contribution in [0.4, 0.5) is 0 Å². The normalized spacial score (nSPS) is 32.5. The van der Waals surface area contributed by atoms with Gasteiger partial charge in [0, 0.05) is 12.7 Å². The molecular formula is C12H20N3O5S3+. The highest BCUT2D eigenvalue weighted by molar-refractivity contribution is 7.92. The molecule has 130 valence electrons. The molecule has 23 heavy (non-hydrogen) atoms. The van der Waals surface area contributed by atoms with Crippen LogP contribution in [0.1, 0.15) is 24.9 Å². The molecule has 0 amide bonds. The first-order chi connectivity index (χ1) is 10.7. The minimum atomic E-state index is -3.94. The molecule has 3 rings (SSSR count). The van der Waals surface area contributed by atoms with Gasteiger partial charge in [0.1, 0.15) is 17.3 Å². The average Bonchev–Trinajstić information content (AvgIpc) is 2.87. The number of likely N-dealkylation sites (N-methyl/N-ethyl adjacent to an activating group) is 1. The molecule has 2 aliphatic heterocycles. The molecule has 1 spiro atoms. The molecule has 11 heteroatoms. The monoisotopic (exact) mass is 382 g/mol. The molecule has 0 radical (unpaired) electrons. The summed E-state index contributed by atoms with van der Waals surface area (Å²) in [6.07, 6.45) is 0.242. The predicted molar refractivity (Wildman–Crippen MR) is 84.7 cm³/mol. The van der Waals surface area contributed by atoms with Gasteiger partial charge in [-0.25, -0.2) is 13.6 Å². The maximum atomic E-state index is 13.1. The number of methoxy groups -OCH3 is 1. The Morgan fingerprint density at radius 1 is 1.52 bits per heavy atom. The third kappa shape index (κ3) is 2.37. The Balaban J connectivity index is 2.20. The lowest BCUT2D eigenvalue weighted by molar-refractivity contribution is -0.906. The van der Waals surface area contributed by atoms with Gasteiger partial charge in [0.05, 0.1) is 12.5 Å². The van der Waals surface area contributed by atoms with Crippen molar-refractivity contribution < 1.29 is 25.5 Å². The fourth-order valence-corrected chi connectivity index (χ4v) is 8.37. The standard InChI is InChI=1S/C12H20N3O5S3/c1-3-14-9-7-15(5-4-10(15)20-2)23(18,19)12-8(9)6-11(21-12)22(13,16)17/h6,9-10,14H,3-5,7H2,1-2H3,(H2,13,16,17)/q+1/t9-,10?,15?/m0/s1. The van der Waals surface area contributed by atoms with Crippen LogP contribution in [0, 0.1) is 0 Å². The van der Waals surface area contributed by atoms with E-state index in [-0.39, 0.29) is 18.3 Å². The number of hydrogen-bond acceptors (Lipinski definition) is 7. The van der Waals surface area contributed by atoms with E-state index in [0.717, 1.165) is 11.3 Å². The van der Waals surface area contributed by atoms with Gasteiger partial charge in [-0.3, -0.25) is 0 Å². The second-order valence-electron chi connectivity index (χ2n) is 5.78. The van der Waals surface area contributed by atoms with Gasteiger partial charge in [-0.05, 0) is 12.6 Å². The Hall–Kier alpha value is -0.560. The highest BCUT2D eigenvalue weighted by atomic mass is 32.3. The van der Waals surface area contributed by atoms with Gasteiger partial charge >= 0.3 is 10.0 Å². The number of quaternary nitrogens is 1. The van der Waals surface area contributed by atoms with Crippen molar-refractivity contribution in [3.8, 4) is 0 Å². The smallest absolute Gasteiger partial charge is 0.331 e. The Morgan fingerprint density at radius 3 is 2.70 bits per heavy atom. The number of hydrogen-bond donors (Lipinski definition) is 2. The summed E-state index contributed by atoms with van der Waals surface area (Å²) in [5, 5.41) is 8.43. The fourth-order valence-electron chi connectivity index (χ4n) is 3.36. The van der Waals surface area contributed by atoms with E-state index in [9.17, 15) is 16.8 Å². The third-order valence-electron chi connectivity index (χ3n) is 4.56. The van der Waals surface area contributed by atoms with E-state index in [2.05, 4.69) is 5.32 Å². The molecule has 3 N–H and O–H groups in total. The van der Waals surface area contributed by atoms with Crippen LogP contribution in [0.2, 0.25) is 0 Å². The first kappa shape index (κ1) is 17.3. The van der Waals surface area contributed by atoms with Crippen LogP contribution in [0.3, 0.4) is 0 Å². The van der Waals surface area contributed by atoms with Crippen LogP contribution in [-0.2, 0) is 24.8 Å². The van der Waals surface area contributed by atoms with Gasteiger partial charge in [0.25, 0.3) is 0 Å². The number of rotatable bonds is 4. The number of nitrogens with one attached hydrogen (secondary N) is 1. The lowest BCUT2D eigenvalue weighted by Crippen LogP contribution is -2.71. The Labute approximate surface area is 139 Å². The van der Waals surface area contributed by atoms with E-state index in [1.54, 1.807) is 0 Å². The van der Waals surface area contributed by atoms with Gasteiger partial charge in [-0.1, -0.05) is 6.92 Å². The minimum Gasteiger partial charge on any atom is -0.331 e. The topological polar surface area (TPSA) is 116 Å². The van der Waals surface area contributed by atoms with Crippen LogP contribution < -0.4 is 10.5 Å². The number of thiophene rings is 1. The molecule has 8 nitrogen and oxygen atoms in total. The molecule has 0 aliphatic carbocycles. The molecule has 3 heterocycles. The van der Waals surface area contributed by atoms with Crippen molar-refractivity contribution in [2.75, 3.05) is 26.7 Å². The number of sulfonamides is 2. The summed E-state index contributed by atoms with van der Waals surface area (Å²) in [7, 11) is -6.17. The number of primary sulfonamides is 1. The Morgan fingerprint density at radius 2 is 2.22 bits per heavy atom. The van der Waals surface area contributed by atoms with Crippen molar-refractivity contribution in [3.05, 3.63) is 11.6 Å². The Kier molecular flexibility index (Phi) is 4.11. The third-order valence-corrected chi connectivity index (χ3v) is 10.0. The molecule has 3 atom stereocenters. The average molecular weight is 383 g/mol. The summed E-state index contributed by atoms with van der Waals surface area (Å²) < 4.78 is 54.6. The van der Waals surface area contributed by atoms with E-state index in [1.807, 2.05) is 6.92 Å². The predicted octanol–water partition coefficient (Wildman–Crippen LogP) is -0.0586. The van der Waals surface area contributed by atoms with Gasteiger partial charge in [-0.2, -0.15) is 12.3 Å². The SMILES string of the molecule is CCN[C@H]1C[N+]2(CCC2OC)S(=O)(=O)c2sc(S(N)(=O)=O)cc21.